The van der Waals surface area contributed by atoms with Crippen LogP contribution in [0.5, 0.6) is 0 Å². The highest BCUT2D eigenvalue weighted by Gasteiger charge is 2.31. The van der Waals surface area contributed by atoms with Crippen molar-refractivity contribution < 1.29 is 9.59 Å². The number of rotatable bonds is 4. The fourth-order valence-corrected chi connectivity index (χ4v) is 2.42. The fourth-order valence-electron chi connectivity index (χ4n) is 2.42. The zero-order valence-electron chi connectivity index (χ0n) is 11.8. The number of carbonyl (C=O) groups excluding carboxylic acids is 2. The zero-order valence-corrected chi connectivity index (χ0v) is 11.8. The third-order valence-electron chi connectivity index (χ3n) is 3.63. The molecule has 2 N–H and O–H groups in total. The molecule has 2 heterocycles. The van der Waals surface area contributed by atoms with Crippen LogP contribution in [-0.4, -0.2) is 73.5 Å². The number of amides is 2. The molecule has 2 rings (SSSR count). The van der Waals surface area contributed by atoms with Crippen LogP contribution >= 0.6 is 0 Å². The van der Waals surface area contributed by atoms with Crippen molar-refractivity contribution in [3.05, 3.63) is 0 Å². The molecular weight excluding hydrogens is 244 g/mol. The van der Waals surface area contributed by atoms with Gasteiger partial charge in [-0.05, 0) is 13.8 Å². The summed E-state index contributed by atoms with van der Waals surface area (Å²) in [7, 11) is 0. The summed E-state index contributed by atoms with van der Waals surface area (Å²) >= 11 is 0. The second-order valence-electron chi connectivity index (χ2n) is 5.68. The number of nitrogens with zero attached hydrogens (tertiary/aromatic N) is 2. The van der Waals surface area contributed by atoms with Gasteiger partial charge in [0, 0.05) is 45.3 Å². The minimum atomic E-state index is 0.0676. The summed E-state index contributed by atoms with van der Waals surface area (Å²) in [5.74, 6) is 0.513. The molecule has 0 aromatic carbocycles. The lowest BCUT2D eigenvalue weighted by Crippen LogP contribution is -2.57. The molecule has 19 heavy (non-hydrogen) atoms. The molecule has 2 aliphatic heterocycles. The highest BCUT2D eigenvalue weighted by Crippen LogP contribution is 2.10. The van der Waals surface area contributed by atoms with Crippen LogP contribution in [-0.2, 0) is 9.59 Å². The van der Waals surface area contributed by atoms with E-state index >= 15 is 0 Å². The van der Waals surface area contributed by atoms with Gasteiger partial charge in [0.1, 0.15) is 0 Å². The maximum absolute atomic E-state index is 12.0. The first kappa shape index (κ1) is 14.3. The topological polar surface area (TPSA) is 64.7 Å². The van der Waals surface area contributed by atoms with Crippen LogP contribution < -0.4 is 10.6 Å². The third kappa shape index (κ3) is 3.91. The minimum absolute atomic E-state index is 0.0676. The molecule has 108 valence electrons. The molecule has 2 aliphatic rings. The molecule has 0 unspecified atom stereocenters. The molecular formula is C13H24N4O2. The Hall–Kier alpha value is -1.14. The van der Waals surface area contributed by atoms with E-state index in [-0.39, 0.29) is 23.8 Å². The van der Waals surface area contributed by atoms with Gasteiger partial charge in [-0.2, -0.15) is 0 Å². The van der Waals surface area contributed by atoms with Gasteiger partial charge in [-0.15, -0.1) is 0 Å². The van der Waals surface area contributed by atoms with Crippen molar-refractivity contribution in [3.8, 4) is 0 Å². The molecule has 2 saturated heterocycles. The fraction of sp³-hybridized carbons (Fsp3) is 0.846. The summed E-state index contributed by atoms with van der Waals surface area (Å²) in [6, 6.07) is 0.182. The van der Waals surface area contributed by atoms with Crippen LogP contribution in [0.1, 0.15) is 13.8 Å². The summed E-state index contributed by atoms with van der Waals surface area (Å²) < 4.78 is 0. The second kappa shape index (κ2) is 6.34. The number of hydrogen-bond acceptors (Lipinski definition) is 4. The van der Waals surface area contributed by atoms with Crippen molar-refractivity contribution in [1.29, 1.82) is 0 Å². The predicted molar refractivity (Wildman–Crippen MR) is 72.7 cm³/mol. The lowest BCUT2D eigenvalue weighted by molar-refractivity contribution is -0.139. The Bertz CT molecular complexity index is 334. The van der Waals surface area contributed by atoms with E-state index in [1.807, 2.05) is 18.7 Å². The van der Waals surface area contributed by atoms with Crippen LogP contribution in [0.2, 0.25) is 0 Å². The van der Waals surface area contributed by atoms with E-state index in [0.29, 0.717) is 6.54 Å². The van der Waals surface area contributed by atoms with E-state index in [2.05, 4.69) is 15.5 Å². The van der Waals surface area contributed by atoms with Crippen molar-refractivity contribution in [2.24, 2.45) is 5.92 Å². The predicted octanol–water partition coefficient (Wildman–Crippen LogP) is -1.13. The molecule has 0 aliphatic carbocycles. The Kier molecular flexibility index (Phi) is 4.76. The third-order valence-corrected chi connectivity index (χ3v) is 3.63. The summed E-state index contributed by atoms with van der Waals surface area (Å²) in [5, 5.41) is 6.01. The van der Waals surface area contributed by atoms with Crippen molar-refractivity contribution in [3.63, 3.8) is 0 Å². The molecule has 0 bridgehead atoms. The number of carbonyl (C=O) groups is 2. The molecule has 6 heteroatoms. The van der Waals surface area contributed by atoms with Crippen LogP contribution in [0, 0.1) is 5.92 Å². The quantitative estimate of drug-likeness (QED) is 0.677. The van der Waals surface area contributed by atoms with Crippen LogP contribution in [0.4, 0.5) is 0 Å². The van der Waals surface area contributed by atoms with Gasteiger partial charge in [-0.1, -0.05) is 0 Å². The molecule has 2 fully saturated rings. The lowest BCUT2D eigenvalue weighted by Gasteiger charge is -2.38. The Morgan fingerprint density at radius 2 is 1.84 bits per heavy atom. The summed E-state index contributed by atoms with van der Waals surface area (Å²) in [5.41, 5.74) is 0. The van der Waals surface area contributed by atoms with Crippen molar-refractivity contribution >= 4 is 11.8 Å². The van der Waals surface area contributed by atoms with Crippen molar-refractivity contribution in [1.82, 2.24) is 20.4 Å². The first-order valence-electron chi connectivity index (χ1n) is 7.07. The lowest BCUT2D eigenvalue weighted by atomic mass is 10.0. The summed E-state index contributed by atoms with van der Waals surface area (Å²) in [6.45, 7) is 9.04. The Labute approximate surface area is 114 Å². The summed E-state index contributed by atoms with van der Waals surface area (Å²) in [4.78, 5) is 27.7. The minimum Gasteiger partial charge on any atom is -0.353 e. The first-order valence-corrected chi connectivity index (χ1v) is 7.07. The van der Waals surface area contributed by atoms with Crippen molar-refractivity contribution in [2.75, 3.05) is 45.8 Å². The average Bonchev–Trinajstić information content (AvgIpc) is 2.26. The average molecular weight is 268 g/mol. The van der Waals surface area contributed by atoms with Gasteiger partial charge in [0.05, 0.1) is 12.5 Å². The van der Waals surface area contributed by atoms with Gasteiger partial charge in [0.25, 0.3) is 0 Å². The van der Waals surface area contributed by atoms with Gasteiger partial charge < -0.3 is 15.5 Å². The Morgan fingerprint density at radius 3 is 2.32 bits per heavy atom. The van der Waals surface area contributed by atoms with Crippen molar-refractivity contribution in [2.45, 2.75) is 19.9 Å². The second-order valence-corrected chi connectivity index (χ2v) is 5.68. The monoisotopic (exact) mass is 268 g/mol. The first-order chi connectivity index (χ1) is 9.06. The molecule has 0 aromatic rings. The zero-order chi connectivity index (χ0) is 13.8. The highest BCUT2D eigenvalue weighted by atomic mass is 16.2. The van der Waals surface area contributed by atoms with Gasteiger partial charge in [0.2, 0.25) is 11.8 Å². The Balaban J connectivity index is 1.70. The Morgan fingerprint density at radius 1 is 1.21 bits per heavy atom. The number of hydrogen-bond donors (Lipinski definition) is 2. The van der Waals surface area contributed by atoms with E-state index in [0.717, 1.165) is 39.3 Å². The number of piperazine rings is 1. The van der Waals surface area contributed by atoms with Gasteiger partial charge in [0.15, 0.2) is 0 Å². The van der Waals surface area contributed by atoms with E-state index in [9.17, 15) is 9.59 Å². The standard InChI is InChI=1S/C13H24N4O2/c1-10(2)15-12(18)9-16-3-5-17(6-4-16)13(19)11-7-14-8-11/h10-11,14H,3-9H2,1-2H3,(H,15,18). The summed E-state index contributed by atoms with van der Waals surface area (Å²) in [6.07, 6.45) is 0. The molecule has 0 radical (unpaired) electrons. The molecule has 0 saturated carbocycles. The smallest absolute Gasteiger partial charge is 0.234 e. The maximum atomic E-state index is 12.0. The molecule has 0 atom stereocenters. The highest BCUT2D eigenvalue weighted by molar-refractivity contribution is 5.80. The van der Waals surface area contributed by atoms with E-state index in [4.69, 9.17) is 0 Å². The van der Waals surface area contributed by atoms with Gasteiger partial charge >= 0.3 is 0 Å². The van der Waals surface area contributed by atoms with Gasteiger partial charge in [-0.3, -0.25) is 14.5 Å². The van der Waals surface area contributed by atoms with E-state index in [1.54, 1.807) is 0 Å². The number of nitrogens with one attached hydrogen (secondary N) is 2. The maximum Gasteiger partial charge on any atom is 0.234 e. The molecule has 0 spiro atoms. The molecule has 2 amide bonds. The van der Waals surface area contributed by atoms with Gasteiger partial charge in [-0.25, -0.2) is 0 Å². The van der Waals surface area contributed by atoms with E-state index < -0.39 is 0 Å². The van der Waals surface area contributed by atoms with Crippen LogP contribution in [0.25, 0.3) is 0 Å². The molecule has 6 nitrogen and oxygen atoms in total. The SMILES string of the molecule is CC(C)NC(=O)CN1CCN(C(=O)C2CNC2)CC1. The normalized spacial score (nSPS) is 21.3. The van der Waals surface area contributed by atoms with Crippen LogP contribution in [0.3, 0.4) is 0 Å². The largest absolute Gasteiger partial charge is 0.353 e. The van der Waals surface area contributed by atoms with Crippen LogP contribution in [0.15, 0.2) is 0 Å². The van der Waals surface area contributed by atoms with E-state index in [1.165, 1.54) is 0 Å². The molecule has 0 aromatic heterocycles.